The zero-order valence-corrected chi connectivity index (χ0v) is 16.0. The third-order valence-corrected chi connectivity index (χ3v) is 4.15. The molecule has 1 amide bonds. The predicted molar refractivity (Wildman–Crippen MR) is 103 cm³/mol. The molecule has 0 radical (unpaired) electrons. The van der Waals surface area contributed by atoms with Crippen LogP contribution in [-0.2, 0) is 20.8 Å². The first-order valence-electron chi connectivity index (χ1n) is 8.63. The van der Waals surface area contributed by atoms with Gasteiger partial charge in [-0.3, -0.25) is 0 Å². The Morgan fingerprint density at radius 2 is 1.64 bits per heavy atom. The summed E-state index contributed by atoms with van der Waals surface area (Å²) in [7, 11) is 2.48. The van der Waals surface area contributed by atoms with Crippen molar-refractivity contribution in [1.82, 2.24) is 10.6 Å². The lowest BCUT2D eigenvalue weighted by Gasteiger charge is -2.23. The molecule has 0 spiro atoms. The summed E-state index contributed by atoms with van der Waals surface area (Å²) in [5.41, 5.74) is 2.23. The van der Waals surface area contributed by atoms with Crippen molar-refractivity contribution in [2.24, 2.45) is 0 Å². The summed E-state index contributed by atoms with van der Waals surface area (Å²) < 4.78 is 22.9. The Balaban J connectivity index is 2.42. The van der Waals surface area contributed by atoms with E-state index < -0.39 is 23.9 Å². The van der Waals surface area contributed by atoms with E-state index in [9.17, 15) is 14.0 Å². The van der Waals surface area contributed by atoms with Gasteiger partial charge in [0, 0.05) is 12.2 Å². The maximum Gasteiger partial charge on any atom is 0.407 e. The summed E-state index contributed by atoms with van der Waals surface area (Å²) >= 11 is 0. The van der Waals surface area contributed by atoms with Gasteiger partial charge >= 0.3 is 12.1 Å². The lowest BCUT2D eigenvalue weighted by atomic mass is 9.96. The molecule has 0 aliphatic carbocycles. The average molecular weight is 386 g/mol. The van der Waals surface area contributed by atoms with Gasteiger partial charge in [-0.15, -0.1) is 0 Å². The molecule has 0 aromatic heterocycles. The molecule has 2 rings (SSSR count). The molecule has 0 heterocycles. The zero-order chi connectivity index (χ0) is 20.5. The van der Waals surface area contributed by atoms with Gasteiger partial charge < -0.3 is 20.1 Å². The highest BCUT2D eigenvalue weighted by molar-refractivity contribution is 5.91. The van der Waals surface area contributed by atoms with E-state index in [4.69, 9.17) is 4.74 Å². The van der Waals surface area contributed by atoms with Crippen molar-refractivity contribution in [2.75, 3.05) is 14.2 Å². The molecule has 0 aliphatic heterocycles. The molecule has 2 aromatic carbocycles. The molecular formula is C21H23FN2O4. The lowest BCUT2D eigenvalue weighted by Crippen LogP contribution is -2.34. The standard InChI is InChI=1S/C21H23FN2O4/c1-14(23-13-15-7-5-4-6-8-15)18(20(25)27-2)19(24-21(26)28-3)16-9-11-17(22)12-10-16/h4-12,19,23H,13H2,1-3H3,(H,24,26)/t19-/m0/s1. The smallest absolute Gasteiger partial charge is 0.407 e. The summed E-state index contributed by atoms with van der Waals surface area (Å²) in [6.07, 6.45) is -0.730. The normalized spacial score (nSPS) is 12.4. The van der Waals surface area contributed by atoms with Gasteiger partial charge in [0.15, 0.2) is 0 Å². The van der Waals surface area contributed by atoms with Crippen LogP contribution in [0.25, 0.3) is 0 Å². The van der Waals surface area contributed by atoms with Gasteiger partial charge in [0.1, 0.15) is 5.82 Å². The molecule has 0 fully saturated rings. The molecule has 0 saturated heterocycles. The number of allylic oxidation sites excluding steroid dienone is 1. The van der Waals surface area contributed by atoms with E-state index in [0.717, 1.165) is 5.56 Å². The minimum Gasteiger partial charge on any atom is -0.466 e. The second-order valence-electron chi connectivity index (χ2n) is 5.99. The third kappa shape index (κ3) is 5.57. The number of ether oxygens (including phenoxy) is 2. The Bertz CT molecular complexity index is 835. The van der Waals surface area contributed by atoms with Crippen LogP contribution in [0.4, 0.5) is 9.18 Å². The first-order valence-corrected chi connectivity index (χ1v) is 8.63. The summed E-state index contributed by atoms with van der Waals surface area (Å²) in [6.45, 7) is 2.19. The molecule has 148 valence electrons. The van der Waals surface area contributed by atoms with E-state index in [-0.39, 0.29) is 5.57 Å². The molecule has 1 atom stereocenters. The topological polar surface area (TPSA) is 76.7 Å². The Labute approximate surface area is 163 Å². The Morgan fingerprint density at radius 3 is 2.21 bits per heavy atom. The van der Waals surface area contributed by atoms with Crippen LogP contribution < -0.4 is 10.6 Å². The number of methoxy groups -OCH3 is 2. The average Bonchev–Trinajstić information content (AvgIpc) is 2.72. The van der Waals surface area contributed by atoms with Crippen molar-refractivity contribution in [3.8, 4) is 0 Å². The van der Waals surface area contributed by atoms with Crippen LogP contribution in [0.1, 0.15) is 24.1 Å². The van der Waals surface area contributed by atoms with Crippen LogP contribution in [0.5, 0.6) is 0 Å². The van der Waals surface area contributed by atoms with E-state index in [1.807, 2.05) is 30.3 Å². The van der Waals surface area contributed by atoms with Gasteiger partial charge in [-0.05, 0) is 30.2 Å². The molecule has 0 saturated carbocycles. The van der Waals surface area contributed by atoms with Crippen molar-refractivity contribution in [3.05, 3.63) is 82.8 Å². The fourth-order valence-corrected chi connectivity index (χ4v) is 2.68. The highest BCUT2D eigenvalue weighted by atomic mass is 19.1. The number of carbonyl (C=O) groups is 2. The maximum atomic E-state index is 13.3. The number of rotatable bonds is 7. The van der Waals surface area contributed by atoms with Crippen molar-refractivity contribution >= 4 is 12.1 Å². The third-order valence-electron chi connectivity index (χ3n) is 4.15. The summed E-state index contributed by atoms with van der Waals surface area (Å²) in [5.74, 6) is -1.05. The van der Waals surface area contributed by atoms with E-state index >= 15 is 0 Å². The Morgan fingerprint density at radius 1 is 1.00 bits per heavy atom. The number of carbonyl (C=O) groups excluding carboxylic acids is 2. The van der Waals surface area contributed by atoms with Gasteiger partial charge in [-0.25, -0.2) is 14.0 Å². The number of hydrogen-bond donors (Lipinski definition) is 2. The van der Waals surface area contributed by atoms with Gasteiger partial charge in [0.25, 0.3) is 0 Å². The molecule has 6 nitrogen and oxygen atoms in total. The molecule has 2 N–H and O–H groups in total. The highest BCUT2D eigenvalue weighted by Crippen LogP contribution is 2.26. The molecule has 0 aliphatic rings. The predicted octanol–water partition coefficient (Wildman–Crippen LogP) is 3.46. The number of esters is 1. The van der Waals surface area contributed by atoms with Crippen molar-refractivity contribution in [2.45, 2.75) is 19.5 Å². The van der Waals surface area contributed by atoms with Crippen LogP contribution in [0.3, 0.4) is 0 Å². The van der Waals surface area contributed by atoms with Crippen LogP contribution in [-0.4, -0.2) is 26.3 Å². The molecule has 7 heteroatoms. The van der Waals surface area contributed by atoms with Gasteiger partial charge in [0.05, 0.1) is 25.8 Å². The number of amides is 1. The van der Waals surface area contributed by atoms with Crippen LogP contribution in [0.2, 0.25) is 0 Å². The van der Waals surface area contributed by atoms with E-state index in [1.165, 1.54) is 38.5 Å². The maximum absolute atomic E-state index is 13.3. The van der Waals surface area contributed by atoms with Gasteiger partial charge in [-0.1, -0.05) is 42.5 Å². The number of benzene rings is 2. The highest BCUT2D eigenvalue weighted by Gasteiger charge is 2.28. The number of nitrogens with one attached hydrogen (secondary N) is 2. The largest absolute Gasteiger partial charge is 0.466 e. The number of halogens is 1. The first-order chi connectivity index (χ1) is 13.5. The molecule has 2 aromatic rings. The van der Waals surface area contributed by atoms with Crippen molar-refractivity contribution in [1.29, 1.82) is 0 Å². The van der Waals surface area contributed by atoms with E-state index in [1.54, 1.807) is 6.92 Å². The van der Waals surface area contributed by atoms with E-state index in [2.05, 4.69) is 15.4 Å². The Hall–Kier alpha value is -3.35. The fraction of sp³-hybridized carbons (Fsp3) is 0.238. The minimum atomic E-state index is -0.885. The van der Waals surface area contributed by atoms with E-state index in [0.29, 0.717) is 17.8 Å². The molecule has 28 heavy (non-hydrogen) atoms. The van der Waals surface area contributed by atoms with Crippen molar-refractivity contribution in [3.63, 3.8) is 0 Å². The number of hydrogen-bond acceptors (Lipinski definition) is 5. The lowest BCUT2D eigenvalue weighted by molar-refractivity contribution is -0.136. The monoisotopic (exact) mass is 386 g/mol. The first kappa shape index (κ1) is 21.0. The SMILES string of the molecule is COC(=O)N[C@H](C(C(=O)OC)=C(C)NCc1ccccc1)c1ccc(F)cc1. The molecule has 0 bridgehead atoms. The number of alkyl carbamates (subject to hydrolysis) is 1. The summed E-state index contributed by atoms with van der Waals surface area (Å²) in [4.78, 5) is 24.4. The second-order valence-corrected chi connectivity index (χ2v) is 5.99. The van der Waals surface area contributed by atoms with Crippen LogP contribution in [0.15, 0.2) is 65.9 Å². The van der Waals surface area contributed by atoms with Crippen LogP contribution >= 0.6 is 0 Å². The molecular weight excluding hydrogens is 363 g/mol. The minimum absolute atomic E-state index is 0.190. The Kier molecular flexibility index (Phi) is 7.56. The summed E-state index contributed by atoms with van der Waals surface area (Å²) in [5, 5.41) is 5.79. The summed E-state index contributed by atoms with van der Waals surface area (Å²) in [6, 6.07) is 14.2. The van der Waals surface area contributed by atoms with Gasteiger partial charge in [-0.2, -0.15) is 0 Å². The van der Waals surface area contributed by atoms with Gasteiger partial charge in [0.2, 0.25) is 0 Å². The molecule has 0 unspecified atom stereocenters. The quantitative estimate of drug-likeness (QED) is 0.563. The fourth-order valence-electron chi connectivity index (χ4n) is 2.68. The van der Waals surface area contributed by atoms with Crippen LogP contribution in [0, 0.1) is 5.82 Å². The zero-order valence-electron chi connectivity index (χ0n) is 16.0. The van der Waals surface area contributed by atoms with Crippen molar-refractivity contribution < 1.29 is 23.5 Å². The second kappa shape index (κ2) is 10.1.